The lowest BCUT2D eigenvalue weighted by Crippen LogP contribution is -2.08. The van der Waals surface area contributed by atoms with Crippen molar-refractivity contribution in [3.05, 3.63) is 16.0 Å². The third-order valence-corrected chi connectivity index (χ3v) is 1.41. The molecule has 0 unspecified atom stereocenters. The summed E-state index contributed by atoms with van der Waals surface area (Å²) in [6.45, 7) is 0. The summed E-state index contributed by atoms with van der Waals surface area (Å²) in [7, 11) is 0. The van der Waals surface area contributed by atoms with Crippen molar-refractivity contribution in [1.29, 1.82) is 0 Å². The van der Waals surface area contributed by atoms with Gasteiger partial charge in [-0.15, -0.1) is 0 Å². The van der Waals surface area contributed by atoms with Gasteiger partial charge in [0.2, 0.25) is 5.69 Å². The molecule has 4 nitrogen and oxygen atoms in total. The zero-order valence-corrected chi connectivity index (χ0v) is 5.62. The van der Waals surface area contributed by atoms with Crippen LogP contribution in [0.15, 0.2) is 4.79 Å². The average Bonchev–Trinajstić information content (AvgIpc) is 2.13. The van der Waals surface area contributed by atoms with Gasteiger partial charge in [-0.3, -0.25) is 14.0 Å². The Bertz CT molecular complexity index is 277. The van der Waals surface area contributed by atoms with Gasteiger partial charge in [0.25, 0.3) is 10.8 Å². The first-order valence-corrected chi connectivity index (χ1v) is 3.11. The fraction of sp³-hybridized carbons (Fsp3) is 0. The lowest BCUT2D eigenvalue weighted by Gasteiger charge is -1.73. The summed E-state index contributed by atoms with van der Waals surface area (Å²) in [6, 6.07) is 0. The van der Waals surface area contributed by atoms with Gasteiger partial charge in [0.1, 0.15) is 0 Å². The standard InChI is InChI=1S/C3HClN2O2S/c4-2(7)1-3(8)6-9-5-1/h(H,6,8). The summed E-state index contributed by atoms with van der Waals surface area (Å²) in [4.78, 5) is 20.7. The largest absolute Gasteiger partial charge is 0.290 e. The normalized spacial score (nSPS) is 9.44. The van der Waals surface area contributed by atoms with Crippen LogP contribution in [0.2, 0.25) is 0 Å². The highest BCUT2D eigenvalue weighted by atomic mass is 35.5. The van der Waals surface area contributed by atoms with E-state index in [0.717, 1.165) is 11.7 Å². The maximum absolute atomic E-state index is 10.4. The molecule has 0 aliphatic rings. The average molecular weight is 165 g/mol. The highest BCUT2D eigenvalue weighted by molar-refractivity contribution is 6.99. The summed E-state index contributed by atoms with van der Waals surface area (Å²) < 4.78 is 5.63. The van der Waals surface area contributed by atoms with Gasteiger partial charge < -0.3 is 0 Å². The van der Waals surface area contributed by atoms with Crippen LogP contribution in [-0.4, -0.2) is 14.0 Å². The number of carbonyl (C=O) groups is 1. The summed E-state index contributed by atoms with van der Waals surface area (Å²) in [5, 5.41) is -0.822. The minimum atomic E-state index is -0.822. The van der Waals surface area contributed by atoms with Crippen molar-refractivity contribution in [2.24, 2.45) is 0 Å². The van der Waals surface area contributed by atoms with Crippen LogP contribution >= 0.6 is 23.3 Å². The van der Waals surface area contributed by atoms with E-state index < -0.39 is 10.8 Å². The number of hydrogen-bond acceptors (Lipinski definition) is 4. The molecular weight excluding hydrogens is 164 g/mol. The Morgan fingerprint density at radius 1 is 1.78 bits per heavy atom. The molecule has 0 saturated heterocycles. The summed E-state index contributed by atoms with van der Waals surface area (Å²) >= 11 is 5.74. The van der Waals surface area contributed by atoms with Crippen molar-refractivity contribution in [2.45, 2.75) is 0 Å². The van der Waals surface area contributed by atoms with Crippen LogP contribution in [0.4, 0.5) is 0 Å². The Morgan fingerprint density at radius 2 is 2.44 bits per heavy atom. The topological polar surface area (TPSA) is 62.8 Å². The van der Waals surface area contributed by atoms with Crippen LogP contribution in [0.1, 0.15) is 10.5 Å². The Hall–Kier alpha value is -0.680. The molecule has 1 N–H and O–H groups in total. The molecule has 1 rings (SSSR count). The maximum Gasteiger partial charge on any atom is 0.290 e. The van der Waals surface area contributed by atoms with Crippen LogP contribution in [0, 0.1) is 0 Å². The molecule has 0 aliphatic heterocycles. The van der Waals surface area contributed by atoms with Crippen molar-refractivity contribution in [3.63, 3.8) is 0 Å². The molecule has 0 spiro atoms. The van der Waals surface area contributed by atoms with Crippen molar-refractivity contribution >= 4 is 28.6 Å². The molecule has 0 bridgehead atoms. The fourth-order valence-electron chi connectivity index (χ4n) is 0.325. The number of H-pyrrole nitrogens is 1. The van der Waals surface area contributed by atoms with Gasteiger partial charge in [-0.25, -0.2) is 0 Å². The van der Waals surface area contributed by atoms with Gasteiger partial charge in [-0.05, 0) is 11.6 Å². The molecular formula is C3HClN2O2S. The molecule has 6 heteroatoms. The zero-order valence-electron chi connectivity index (χ0n) is 4.05. The van der Waals surface area contributed by atoms with E-state index in [1.807, 2.05) is 0 Å². The molecule has 0 radical (unpaired) electrons. The number of aromatic nitrogens is 2. The monoisotopic (exact) mass is 164 g/mol. The second kappa shape index (κ2) is 2.28. The van der Waals surface area contributed by atoms with Gasteiger partial charge in [-0.2, -0.15) is 4.37 Å². The Kier molecular flexibility index (Phi) is 1.63. The van der Waals surface area contributed by atoms with Crippen LogP contribution in [-0.2, 0) is 0 Å². The predicted octanol–water partition coefficient (Wildman–Crippen LogP) is 0.210. The third kappa shape index (κ3) is 1.17. The number of rotatable bonds is 1. The van der Waals surface area contributed by atoms with Crippen LogP contribution in [0.25, 0.3) is 0 Å². The first-order valence-electron chi connectivity index (χ1n) is 1.96. The number of aromatic amines is 1. The van der Waals surface area contributed by atoms with Gasteiger partial charge in [0.15, 0.2) is 0 Å². The molecule has 1 aromatic heterocycles. The highest BCUT2D eigenvalue weighted by Gasteiger charge is 2.08. The molecule has 0 fully saturated rings. The quantitative estimate of drug-likeness (QED) is 0.604. The van der Waals surface area contributed by atoms with E-state index in [-0.39, 0.29) is 5.69 Å². The summed E-state index contributed by atoms with van der Waals surface area (Å²) in [6.07, 6.45) is 0. The molecule has 0 aromatic carbocycles. The Labute approximate surface area is 58.8 Å². The minimum absolute atomic E-state index is 0.235. The minimum Gasteiger partial charge on any atom is -0.274 e. The molecule has 9 heavy (non-hydrogen) atoms. The third-order valence-electron chi connectivity index (χ3n) is 0.677. The first-order chi connectivity index (χ1) is 4.22. The molecule has 0 amide bonds. The van der Waals surface area contributed by atoms with Crippen LogP contribution in [0.5, 0.6) is 0 Å². The number of nitrogens with one attached hydrogen (secondary N) is 1. The number of halogens is 1. The van der Waals surface area contributed by atoms with Crippen molar-refractivity contribution < 1.29 is 4.79 Å². The molecule has 0 atom stereocenters. The van der Waals surface area contributed by atoms with Crippen molar-refractivity contribution in [2.75, 3.05) is 0 Å². The fourth-order valence-corrected chi connectivity index (χ4v) is 0.985. The van der Waals surface area contributed by atoms with Crippen molar-refractivity contribution in [1.82, 2.24) is 8.75 Å². The summed E-state index contributed by atoms with van der Waals surface area (Å²) in [5.74, 6) is 0. The molecule has 48 valence electrons. The van der Waals surface area contributed by atoms with Gasteiger partial charge in [-0.1, -0.05) is 0 Å². The highest BCUT2D eigenvalue weighted by Crippen LogP contribution is 1.92. The predicted molar refractivity (Wildman–Crippen MR) is 32.9 cm³/mol. The molecule has 1 heterocycles. The second-order valence-corrected chi connectivity index (χ2v) is 2.15. The van der Waals surface area contributed by atoms with Gasteiger partial charge in [0.05, 0.1) is 0 Å². The van der Waals surface area contributed by atoms with Crippen molar-refractivity contribution in [3.8, 4) is 0 Å². The van der Waals surface area contributed by atoms with Gasteiger partial charge >= 0.3 is 0 Å². The van der Waals surface area contributed by atoms with E-state index in [2.05, 4.69) is 8.75 Å². The SMILES string of the molecule is O=C(Cl)c1ns[nH]c1=O. The Balaban J connectivity index is 3.24. The Morgan fingerprint density at radius 3 is 2.67 bits per heavy atom. The molecule has 0 saturated carbocycles. The van der Waals surface area contributed by atoms with E-state index in [0.29, 0.717) is 0 Å². The second-order valence-electron chi connectivity index (χ2n) is 1.24. The van der Waals surface area contributed by atoms with E-state index in [1.54, 1.807) is 0 Å². The van der Waals surface area contributed by atoms with Crippen LogP contribution in [0.3, 0.4) is 0 Å². The number of hydrogen-bond donors (Lipinski definition) is 1. The number of carbonyl (C=O) groups excluding carboxylic acids is 1. The van der Waals surface area contributed by atoms with E-state index in [1.165, 1.54) is 0 Å². The van der Waals surface area contributed by atoms with Crippen LogP contribution < -0.4 is 5.56 Å². The first kappa shape index (κ1) is 6.44. The maximum atomic E-state index is 10.4. The van der Waals surface area contributed by atoms with E-state index >= 15 is 0 Å². The van der Waals surface area contributed by atoms with E-state index in [4.69, 9.17) is 11.6 Å². The molecule has 1 aromatic rings. The molecule has 0 aliphatic carbocycles. The van der Waals surface area contributed by atoms with E-state index in [9.17, 15) is 9.59 Å². The lowest BCUT2D eigenvalue weighted by atomic mass is 10.5. The number of nitrogens with zero attached hydrogens (tertiary/aromatic N) is 1. The lowest BCUT2D eigenvalue weighted by molar-refractivity contribution is 0.107. The zero-order chi connectivity index (χ0) is 6.85. The van der Waals surface area contributed by atoms with Gasteiger partial charge in [0, 0.05) is 11.7 Å². The smallest absolute Gasteiger partial charge is 0.274 e. The summed E-state index contributed by atoms with van der Waals surface area (Å²) in [5.41, 5.74) is -0.762.